The van der Waals surface area contributed by atoms with Crippen LogP contribution in [0.1, 0.15) is 40.8 Å². The van der Waals surface area contributed by atoms with Crippen LogP contribution in [0, 0.1) is 6.92 Å². The molecular weight excluding hydrogens is 348 g/mol. The van der Waals surface area contributed by atoms with Crippen LogP contribution < -0.4 is 5.32 Å². The molecule has 0 fully saturated rings. The van der Waals surface area contributed by atoms with Crippen molar-refractivity contribution in [3.63, 3.8) is 0 Å². The molecule has 0 aliphatic heterocycles. The van der Waals surface area contributed by atoms with E-state index in [1.54, 1.807) is 6.07 Å². The lowest BCUT2D eigenvalue weighted by Crippen LogP contribution is -2.16. The minimum Gasteiger partial charge on any atom is -0.465 e. The third-order valence-corrected chi connectivity index (χ3v) is 5.22. The van der Waals surface area contributed by atoms with Crippen LogP contribution in [0.15, 0.2) is 11.2 Å². The van der Waals surface area contributed by atoms with Crippen LogP contribution in [-0.4, -0.2) is 39.5 Å². The Labute approximate surface area is 148 Å². The van der Waals surface area contributed by atoms with E-state index < -0.39 is 5.97 Å². The monoisotopic (exact) mass is 368 g/mol. The molecule has 0 radical (unpaired) electrons. The summed E-state index contributed by atoms with van der Waals surface area (Å²) in [5.74, 6) is 0.655. The zero-order chi connectivity index (χ0) is 17.9. The Bertz CT molecular complexity index is 752. The van der Waals surface area contributed by atoms with Gasteiger partial charge in [0.05, 0.1) is 18.4 Å². The van der Waals surface area contributed by atoms with E-state index in [4.69, 9.17) is 4.74 Å². The van der Waals surface area contributed by atoms with E-state index in [-0.39, 0.29) is 17.6 Å². The lowest BCUT2D eigenvalue weighted by molar-refractivity contribution is -0.113. The second-order valence-electron chi connectivity index (χ2n) is 5.48. The Morgan fingerprint density at radius 2 is 2.12 bits per heavy atom. The molecule has 2 aromatic heterocycles. The van der Waals surface area contributed by atoms with E-state index >= 15 is 0 Å². The molecule has 0 atom stereocenters. The highest BCUT2D eigenvalue weighted by atomic mass is 32.2. The summed E-state index contributed by atoms with van der Waals surface area (Å²) in [7, 11) is 3.20. The van der Waals surface area contributed by atoms with E-state index in [0.29, 0.717) is 15.7 Å². The fourth-order valence-corrected chi connectivity index (χ4v) is 3.75. The number of aromatic nitrogens is 3. The molecule has 0 aliphatic rings. The molecule has 1 N–H and O–H groups in total. The Balaban J connectivity index is 2.01. The van der Waals surface area contributed by atoms with E-state index in [1.165, 1.54) is 30.2 Å². The molecule has 2 heterocycles. The molecule has 2 rings (SSSR count). The van der Waals surface area contributed by atoms with Crippen LogP contribution in [0.25, 0.3) is 0 Å². The summed E-state index contributed by atoms with van der Waals surface area (Å²) >= 11 is 2.65. The third-order valence-electron chi connectivity index (χ3n) is 3.23. The van der Waals surface area contributed by atoms with Gasteiger partial charge in [-0.05, 0) is 13.0 Å². The zero-order valence-corrected chi connectivity index (χ0v) is 15.9. The van der Waals surface area contributed by atoms with E-state index in [9.17, 15) is 9.59 Å². The van der Waals surface area contributed by atoms with Crippen molar-refractivity contribution in [2.45, 2.75) is 31.8 Å². The number of ether oxygens (including phenoxy) is 1. The zero-order valence-electron chi connectivity index (χ0n) is 14.2. The average Bonchev–Trinajstić information content (AvgIpc) is 3.07. The number of hydrogen-bond donors (Lipinski definition) is 1. The minimum absolute atomic E-state index is 0.182. The third kappa shape index (κ3) is 4.15. The minimum atomic E-state index is -0.461. The van der Waals surface area contributed by atoms with Crippen LogP contribution in [0.5, 0.6) is 0 Å². The largest absolute Gasteiger partial charge is 0.465 e. The van der Waals surface area contributed by atoms with E-state index in [0.717, 1.165) is 10.7 Å². The SMILES string of the molecule is COC(=O)c1cc(C)sc1NC(=O)CSc1nnc(C(C)C)n1C. The van der Waals surface area contributed by atoms with Crippen molar-refractivity contribution in [2.75, 3.05) is 18.2 Å². The Morgan fingerprint density at radius 3 is 2.71 bits per heavy atom. The molecule has 1 amide bonds. The van der Waals surface area contributed by atoms with Crippen molar-refractivity contribution in [2.24, 2.45) is 7.05 Å². The molecule has 0 aliphatic carbocycles. The summed E-state index contributed by atoms with van der Waals surface area (Å²) in [6.45, 7) is 5.95. The van der Waals surface area contributed by atoms with Gasteiger partial charge >= 0.3 is 5.97 Å². The molecule has 0 bridgehead atoms. The molecule has 0 saturated heterocycles. The second-order valence-corrected chi connectivity index (χ2v) is 7.68. The molecule has 24 heavy (non-hydrogen) atoms. The number of aryl methyl sites for hydroxylation is 1. The maximum atomic E-state index is 12.2. The highest BCUT2D eigenvalue weighted by molar-refractivity contribution is 7.99. The highest BCUT2D eigenvalue weighted by Crippen LogP contribution is 2.28. The predicted octanol–water partition coefficient (Wildman–Crippen LogP) is 2.83. The number of rotatable bonds is 6. The number of anilines is 1. The lowest BCUT2D eigenvalue weighted by atomic mass is 10.2. The van der Waals surface area contributed by atoms with Gasteiger partial charge < -0.3 is 14.6 Å². The standard InChI is InChI=1S/C15H20N4O3S2/c1-8(2)12-17-18-15(19(12)4)23-7-11(20)16-13-10(14(21)22-5)6-9(3)24-13/h6,8H,7H2,1-5H3,(H,16,20). The van der Waals surface area contributed by atoms with Crippen LogP contribution in [0.4, 0.5) is 5.00 Å². The number of amides is 1. The van der Waals surface area contributed by atoms with Gasteiger partial charge in [0.2, 0.25) is 5.91 Å². The van der Waals surface area contributed by atoms with Crippen LogP contribution in [0.2, 0.25) is 0 Å². The number of thiophene rings is 1. The Kier molecular flexibility index (Phi) is 6.00. The maximum Gasteiger partial charge on any atom is 0.340 e. The first-order valence-corrected chi connectivity index (χ1v) is 9.14. The fourth-order valence-electron chi connectivity index (χ4n) is 2.12. The summed E-state index contributed by atoms with van der Waals surface area (Å²) in [6.07, 6.45) is 0. The number of carbonyl (C=O) groups is 2. The number of nitrogens with zero attached hydrogens (tertiary/aromatic N) is 3. The molecule has 130 valence electrons. The molecule has 0 unspecified atom stereocenters. The van der Waals surface area contributed by atoms with Crippen molar-refractivity contribution in [3.05, 3.63) is 22.3 Å². The first-order valence-electron chi connectivity index (χ1n) is 7.34. The molecule has 0 spiro atoms. The number of hydrogen-bond acceptors (Lipinski definition) is 7. The number of carbonyl (C=O) groups excluding carboxylic acids is 2. The van der Waals surface area contributed by atoms with Gasteiger partial charge in [-0.25, -0.2) is 4.79 Å². The topological polar surface area (TPSA) is 86.1 Å². The number of nitrogens with one attached hydrogen (secondary N) is 1. The van der Waals surface area contributed by atoms with Crippen LogP contribution in [-0.2, 0) is 16.6 Å². The van der Waals surface area contributed by atoms with Gasteiger partial charge in [-0.1, -0.05) is 25.6 Å². The first-order chi connectivity index (χ1) is 11.3. The van der Waals surface area contributed by atoms with E-state index in [1.807, 2.05) is 32.4 Å². The van der Waals surface area contributed by atoms with E-state index in [2.05, 4.69) is 15.5 Å². The average molecular weight is 368 g/mol. The van der Waals surface area contributed by atoms with Gasteiger partial charge in [-0.15, -0.1) is 21.5 Å². The lowest BCUT2D eigenvalue weighted by Gasteiger charge is -2.06. The molecule has 2 aromatic rings. The number of esters is 1. The molecule has 7 nitrogen and oxygen atoms in total. The first kappa shape index (κ1) is 18.5. The predicted molar refractivity (Wildman–Crippen MR) is 94.8 cm³/mol. The fraction of sp³-hybridized carbons (Fsp3) is 0.467. The van der Waals surface area contributed by atoms with Crippen molar-refractivity contribution in [1.29, 1.82) is 0 Å². The van der Waals surface area contributed by atoms with Gasteiger partial charge in [0.15, 0.2) is 5.16 Å². The highest BCUT2D eigenvalue weighted by Gasteiger charge is 2.18. The summed E-state index contributed by atoms with van der Waals surface area (Å²) in [5, 5.41) is 12.2. The van der Waals surface area contributed by atoms with Gasteiger partial charge in [0.25, 0.3) is 0 Å². The molecule has 0 saturated carbocycles. The summed E-state index contributed by atoms with van der Waals surface area (Å²) < 4.78 is 6.62. The van der Waals surface area contributed by atoms with Gasteiger partial charge in [-0.3, -0.25) is 4.79 Å². The summed E-state index contributed by atoms with van der Waals surface area (Å²) in [5.41, 5.74) is 0.374. The van der Waals surface area contributed by atoms with Crippen molar-refractivity contribution in [1.82, 2.24) is 14.8 Å². The number of thioether (sulfide) groups is 1. The van der Waals surface area contributed by atoms with Crippen LogP contribution in [0.3, 0.4) is 0 Å². The smallest absolute Gasteiger partial charge is 0.340 e. The summed E-state index contributed by atoms with van der Waals surface area (Å²) in [4.78, 5) is 24.8. The van der Waals surface area contributed by atoms with Crippen molar-refractivity contribution >= 4 is 40.0 Å². The van der Waals surface area contributed by atoms with Gasteiger partial charge in [-0.2, -0.15) is 0 Å². The van der Waals surface area contributed by atoms with Crippen LogP contribution >= 0.6 is 23.1 Å². The molecule has 0 aromatic carbocycles. The second kappa shape index (κ2) is 7.80. The van der Waals surface area contributed by atoms with Crippen molar-refractivity contribution < 1.29 is 14.3 Å². The number of methoxy groups -OCH3 is 1. The van der Waals surface area contributed by atoms with Gasteiger partial charge in [0.1, 0.15) is 10.8 Å². The summed E-state index contributed by atoms with van der Waals surface area (Å²) in [6, 6.07) is 1.71. The molecular formula is C15H20N4O3S2. The van der Waals surface area contributed by atoms with Gasteiger partial charge in [0, 0.05) is 17.8 Å². The van der Waals surface area contributed by atoms with Crippen molar-refractivity contribution in [3.8, 4) is 0 Å². The Hall–Kier alpha value is -1.87. The quantitative estimate of drug-likeness (QED) is 0.623. The normalized spacial score (nSPS) is 10.9. The maximum absolute atomic E-state index is 12.2. The molecule has 9 heteroatoms. The Morgan fingerprint density at radius 1 is 1.42 bits per heavy atom.